The highest BCUT2D eigenvalue weighted by atomic mass is 35.5. The molecular formula is C24H22Cl2N4O2S. The third-order valence-electron chi connectivity index (χ3n) is 5.15. The van der Waals surface area contributed by atoms with Crippen LogP contribution in [0.1, 0.15) is 24.0 Å². The van der Waals surface area contributed by atoms with Gasteiger partial charge in [-0.2, -0.15) is 13.5 Å². The molecule has 0 amide bonds. The second kappa shape index (κ2) is 9.95. The molecule has 3 aromatic carbocycles. The highest BCUT2D eigenvalue weighted by molar-refractivity contribution is 7.90. The van der Waals surface area contributed by atoms with E-state index in [2.05, 4.69) is 9.71 Å². The summed E-state index contributed by atoms with van der Waals surface area (Å²) < 4.78 is 30.0. The molecule has 0 aliphatic carbocycles. The molecular weight excluding hydrogens is 479 g/mol. The topological polar surface area (TPSA) is 74.1 Å². The van der Waals surface area contributed by atoms with Crippen molar-refractivity contribution < 1.29 is 8.42 Å². The minimum Gasteiger partial charge on any atom is -0.354 e. The minimum atomic E-state index is -3.97. The molecule has 1 aliphatic rings. The lowest BCUT2D eigenvalue weighted by Gasteiger charge is -2.19. The molecule has 33 heavy (non-hydrogen) atoms. The van der Waals surface area contributed by atoms with E-state index in [-0.39, 0.29) is 16.8 Å². The fraction of sp³-hybridized carbons (Fsp3) is 0.167. The van der Waals surface area contributed by atoms with Gasteiger partial charge < -0.3 is 5.32 Å². The molecule has 1 heterocycles. The fourth-order valence-corrected chi connectivity index (χ4v) is 4.79. The van der Waals surface area contributed by atoms with Crippen LogP contribution in [0.3, 0.4) is 0 Å². The second-order valence-electron chi connectivity index (χ2n) is 7.41. The van der Waals surface area contributed by atoms with E-state index in [0.29, 0.717) is 23.1 Å². The van der Waals surface area contributed by atoms with Crippen molar-refractivity contribution in [1.29, 1.82) is 0 Å². The summed E-state index contributed by atoms with van der Waals surface area (Å²) >= 11 is 12.0. The predicted octanol–water partition coefficient (Wildman–Crippen LogP) is 5.15. The van der Waals surface area contributed by atoms with Gasteiger partial charge in [0.1, 0.15) is 0 Å². The van der Waals surface area contributed by atoms with E-state index in [4.69, 9.17) is 28.3 Å². The Hall–Kier alpha value is -2.87. The average Bonchev–Trinajstić information content (AvgIpc) is 3.25. The number of nitrogens with one attached hydrogen (secondary N) is 1. The molecule has 0 spiro atoms. The second-order valence-corrected chi connectivity index (χ2v) is 9.89. The SMILES string of the molecule is CCN/C(=N\S(=O)(=O)c1ccc(Cl)cc1)N1C[C@H](c2ccccc2)C(c2ccc(Cl)cc2)=N1. The molecule has 6 nitrogen and oxygen atoms in total. The van der Waals surface area contributed by atoms with Gasteiger partial charge in [0.2, 0.25) is 5.96 Å². The molecule has 9 heteroatoms. The van der Waals surface area contributed by atoms with Crippen molar-refractivity contribution in [2.24, 2.45) is 9.50 Å². The fourth-order valence-electron chi connectivity index (χ4n) is 3.56. The van der Waals surface area contributed by atoms with Crippen LogP contribution >= 0.6 is 23.2 Å². The number of sulfonamides is 1. The monoisotopic (exact) mass is 500 g/mol. The molecule has 0 saturated carbocycles. The van der Waals surface area contributed by atoms with Crippen molar-refractivity contribution in [1.82, 2.24) is 10.3 Å². The number of halogens is 2. The zero-order chi connectivity index (χ0) is 23.4. The third-order valence-corrected chi connectivity index (χ3v) is 6.94. The van der Waals surface area contributed by atoms with E-state index in [1.807, 2.05) is 61.5 Å². The van der Waals surface area contributed by atoms with Crippen LogP contribution in [-0.2, 0) is 10.0 Å². The van der Waals surface area contributed by atoms with Gasteiger partial charge in [0.15, 0.2) is 0 Å². The highest BCUT2D eigenvalue weighted by Gasteiger charge is 2.32. The molecule has 0 saturated heterocycles. The van der Waals surface area contributed by atoms with Crippen molar-refractivity contribution in [3.8, 4) is 0 Å². The molecule has 0 bridgehead atoms. The Bertz CT molecular complexity index is 1280. The van der Waals surface area contributed by atoms with Crippen molar-refractivity contribution in [2.45, 2.75) is 17.7 Å². The van der Waals surface area contributed by atoms with Gasteiger partial charge in [-0.15, -0.1) is 4.40 Å². The Labute approximate surface area is 203 Å². The van der Waals surface area contributed by atoms with E-state index in [1.54, 1.807) is 5.01 Å². The van der Waals surface area contributed by atoms with Gasteiger partial charge in [0.05, 0.1) is 17.2 Å². The number of hydrazone groups is 1. The largest absolute Gasteiger partial charge is 0.354 e. The number of nitrogens with zero attached hydrogens (tertiary/aromatic N) is 3. The van der Waals surface area contributed by atoms with E-state index < -0.39 is 10.0 Å². The maximum atomic E-state index is 13.0. The molecule has 0 aromatic heterocycles. The van der Waals surface area contributed by atoms with Crippen LogP contribution in [0, 0.1) is 0 Å². The van der Waals surface area contributed by atoms with Crippen LogP contribution in [0.5, 0.6) is 0 Å². The molecule has 3 aromatic rings. The quantitative estimate of drug-likeness (QED) is 0.388. The van der Waals surface area contributed by atoms with Crippen LogP contribution in [0.4, 0.5) is 0 Å². The average molecular weight is 501 g/mol. The number of benzene rings is 3. The summed E-state index contributed by atoms with van der Waals surface area (Å²) in [4.78, 5) is 0.0583. The van der Waals surface area contributed by atoms with Gasteiger partial charge in [-0.3, -0.25) is 0 Å². The molecule has 0 unspecified atom stereocenters. The number of hydrogen-bond donors (Lipinski definition) is 1. The minimum absolute atomic E-state index is 0.0583. The Balaban J connectivity index is 1.75. The maximum Gasteiger partial charge on any atom is 0.285 e. The Morgan fingerprint density at radius 3 is 2.21 bits per heavy atom. The lowest BCUT2D eigenvalue weighted by atomic mass is 9.91. The maximum absolute atomic E-state index is 13.0. The molecule has 4 rings (SSSR count). The van der Waals surface area contributed by atoms with Crippen molar-refractivity contribution in [2.75, 3.05) is 13.1 Å². The lowest BCUT2D eigenvalue weighted by Crippen LogP contribution is -2.38. The first-order chi connectivity index (χ1) is 15.9. The zero-order valence-corrected chi connectivity index (χ0v) is 20.1. The summed E-state index contributed by atoms with van der Waals surface area (Å²) in [5.74, 6) is 0.0896. The van der Waals surface area contributed by atoms with Gasteiger partial charge >= 0.3 is 0 Å². The predicted molar refractivity (Wildman–Crippen MR) is 134 cm³/mol. The van der Waals surface area contributed by atoms with Crippen LogP contribution in [0.15, 0.2) is 93.3 Å². The van der Waals surface area contributed by atoms with Gasteiger partial charge in [-0.25, -0.2) is 5.01 Å². The van der Waals surface area contributed by atoms with Crippen LogP contribution < -0.4 is 5.32 Å². The summed E-state index contributed by atoms with van der Waals surface area (Å²) in [6.45, 7) is 2.79. The zero-order valence-electron chi connectivity index (χ0n) is 17.8. The molecule has 0 fully saturated rings. The molecule has 1 aliphatic heterocycles. The molecule has 1 N–H and O–H groups in total. The Morgan fingerprint density at radius 1 is 1.00 bits per heavy atom. The van der Waals surface area contributed by atoms with E-state index in [9.17, 15) is 8.42 Å². The number of guanidine groups is 1. The summed E-state index contributed by atoms with van der Waals surface area (Å²) in [7, 11) is -3.97. The van der Waals surface area contributed by atoms with E-state index >= 15 is 0 Å². The Morgan fingerprint density at radius 2 is 1.61 bits per heavy atom. The van der Waals surface area contributed by atoms with Gasteiger partial charge in [-0.1, -0.05) is 65.7 Å². The normalized spacial score (nSPS) is 16.6. The first-order valence-corrected chi connectivity index (χ1v) is 12.6. The van der Waals surface area contributed by atoms with Crippen molar-refractivity contribution >= 4 is 44.9 Å². The summed E-state index contributed by atoms with van der Waals surface area (Å²) in [5, 5.41) is 10.5. The van der Waals surface area contributed by atoms with Crippen LogP contribution in [0.25, 0.3) is 0 Å². The standard InChI is InChI=1S/C24H22Cl2N4O2S/c1-2-27-24(29-33(31,32)21-14-12-20(26)13-15-21)30-16-22(17-6-4-3-5-7-17)23(28-30)18-8-10-19(25)11-9-18/h3-15,22H,2,16H2,1H3,(H,27,29)/t22-/m1/s1. The summed E-state index contributed by atoms with van der Waals surface area (Å²) in [6, 6.07) is 23.3. The van der Waals surface area contributed by atoms with E-state index in [1.165, 1.54) is 24.3 Å². The first-order valence-electron chi connectivity index (χ1n) is 10.4. The van der Waals surface area contributed by atoms with Crippen LogP contribution in [-0.4, -0.2) is 38.2 Å². The van der Waals surface area contributed by atoms with Gasteiger partial charge in [-0.05, 0) is 54.4 Å². The van der Waals surface area contributed by atoms with Crippen molar-refractivity contribution in [3.63, 3.8) is 0 Å². The third kappa shape index (κ3) is 5.38. The van der Waals surface area contributed by atoms with Gasteiger partial charge in [0.25, 0.3) is 10.0 Å². The number of rotatable bonds is 5. The summed E-state index contributed by atoms with van der Waals surface area (Å²) in [6.07, 6.45) is 0. The number of hydrogen-bond acceptors (Lipinski definition) is 3. The molecule has 170 valence electrons. The molecule has 1 atom stereocenters. The lowest BCUT2D eigenvalue weighted by molar-refractivity contribution is 0.457. The van der Waals surface area contributed by atoms with E-state index in [0.717, 1.165) is 16.8 Å². The van der Waals surface area contributed by atoms with Crippen molar-refractivity contribution in [3.05, 3.63) is 100 Å². The molecule has 0 radical (unpaired) electrons. The highest BCUT2D eigenvalue weighted by Crippen LogP contribution is 2.29. The smallest absolute Gasteiger partial charge is 0.285 e. The summed E-state index contributed by atoms with van der Waals surface area (Å²) in [5.41, 5.74) is 2.80. The van der Waals surface area contributed by atoms with Crippen LogP contribution in [0.2, 0.25) is 10.0 Å². The Kier molecular flexibility index (Phi) is 7.02. The van der Waals surface area contributed by atoms with Gasteiger partial charge in [0, 0.05) is 22.5 Å². The first kappa shape index (κ1) is 23.3.